The minimum absolute atomic E-state index is 0.0627. The molecule has 0 aromatic rings. The molecule has 0 amide bonds. The number of carbonyl (C=O) groups excluding carboxylic acids is 3. The Morgan fingerprint density at radius 1 is 1.46 bits per heavy atom. The average Bonchev–Trinajstić information content (AvgIpc) is 2.10. The van der Waals surface area contributed by atoms with E-state index in [-0.39, 0.29) is 12.8 Å². The van der Waals surface area contributed by atoms with Gasteiger partial charge in [0.05, 0.1) is 7.11 Å². The zero-order chi connectivity index (χ0) is 10.3. The van der Waals surface area contributed by atoms with Crippen LogP contribution in [-0.4, -0.2) is 31.4 Å². The van der Waals surface area contributed by atoms with Crippen LogP contribution < -0.4 is 0 Å². The predicted octanol–water partition coefficient (Wildman–Crippen LogP) is 0.0702. The van der Waals surface area contributed by atoms with Crippen LogP contribution in [0.5, 0.6) is 0 Å². The molecule has 0 rings (SSSR count). The summed E-state index contributed by atoms with van der Waals surface area (Å²) in [6, 6.07) is 0. The molecule has 0 aliphatic carbocycles. The van der Waals surface area contributed by atoms with Crippen molar-refractivity contribution in [3.8, 4) is 0 Å². The van der Waals surface area contributed by atoms with E-state index in [2.05, 4.69) is 9.47 Å². The molecule has 1 unspecified atom stereocenters. The summed E-state index contributed by atoms with van der Waals surface area (Å²) in [5.41, 5.74) is 0. The Bertz CT molecular complexity index is 199. The summed E-state index contributed by atoms with van der Waals surface area (Å²) < 4.78 is 8.93. The Hall–Kier alpha value is -1.39. The summed E-state index contributed by atoms with van der Waals surface area (Å²) in [7, 11) is 1.25. The highest BCUT2D eigenvalue weighted by Crippen LogP contribution is 2.01. The summed E-state index contributed by atoms with van der Waals surface area (Å²) >= 11 is 0. The smallest absolute Gasteiger partial charge is 0.305 e. The van der Waals surface area contributed by atoms with Gasteiger partial charge in [0, 0.05) is 19.8 Å². The normalized spacial score (nSPS) is 11.5. The van der Waals surface area contributed by atoms with Gasteiger partial charge < -0.3 is 9.47 Å². The summed E-state index contributed by atoms with van der Waals surface area (Å²) in [6.45, 7) is 1.20. The van der Waals surface area contributed by atoms with Crippen molar-refractivity contribution < 1.29 is 23.9 Å². The Labute approximate surface area is 76.0 Å². The molecule has 0 saturated heterocycles. The molecule has 1 atom stereocenters. The van der Waals surface area contributed by atoms with Gasteiger partial charge in [0.2, 0.25) is 0 Å². The number of hydrogen-bond donors (Lipinski definition) is 0. The van der Waals surface area contributed by atoms with Crippen LogP contribution in [0.4, 0.5) is 0 Å². The fourth-order valence-electron chi connectivity index (χ4n) is 0.730. The molecule has 0 aromatic heterocycles. The van der Waals surface area contributed by atoms with E-state index in [1.807, 2.05) is 0 Å². The summed E-state index contributed by atoms with van der Waals surface area (Å²) in [5.74, 6) is -0.971. The molecule has 0 fully saturated rings. The van der Waals surface area contributed by atoms with Crippen LogP contribution in [0, 0.1) is 0 Å². The molecule has 0 bridgehead atoms. The Balaban J connectivity index is 3.78. The maximum Gasteiger partial charge on any atom is 0.305 e. The van der Waals surface area contributed by atoms with Gasteiger partial charge in [-0.2, -0.15) is 0 Å². The van der Waals surface area contributed by atoms with Gasteiger partial charge >= 0.3 is 11.9 Å². The second kappa shape index (κ2) is 6.16. The van der Waals surface area contributed by atoms with Crippen molar-refractivity contribution in [3.05, 3.63) is 0 Å². The molecular weight excluding hydrogens is 176 g/mol. The summed E-state index contributed by atoms with van der Waals surface area (Å²) in [5, 5.41) is 0. The van der Waals surface area contributed by atoms with Crippen molar-refractivity contribution in [2.45, 2.75) is 25.9 Å². The van der Waals surface area contributed by atoms with Crippen LogP contribution in [0.25, 0.3) is 0 Å². The third-order valence-electron chi connectivity index (χ3n) is 1.33. The first-order valence-electron chi connectivity index (χ1n) is 3.79. The van der Waals surface area contributed by atoms with Gasteiger partial charge in [-0.15, -0.1) is 0 Å². The van der Waals surface area contributed by atoms with Gasteiger partial charge in [-0.3, -0.25) is 14.4 Å². The number of esters is 2. The predicted molar refractivity (Wildman–Crippen MR) is 42.9 cm³/mol. The molecular formula is C8H12O5. The average molecular weight is 188 g/mol. The number of aldehydes is 1. The molecule has 0 aliphatic heterocycles. The molecule has 0 saturated carbocycles. The second-order valence-electron chi connectivity index (χ2n) is 2.40. The molecule has 74 valence electrons. The van der Waals surface area contributed by atoms with Crippen LogP contribution in [0.15, 0.2) is 0 Å². The number of carbonyl (C=O) groups is 3. The highest BCUT2D eigenvalue weighted by atomic mass is 16.5. The molecule has 0 aromatic carbocycles. The number of rotatable bonds is 5. The molecule has 0 spiro atoms. The van der Waals surface area contributed by atoms with Crippen molar-refractivity contribution >= 4 is 18.2 Å². The molecule has 13 heavy (non-hydrogen) atoms. The van der Waals surface area contributed by atoms with Crippen LogP contribution in [0.3, 0.4) is 0 Å². The van der Waals surface area contributed by atoms with Gasteiger partial charge in [-0.25, -0.2) is 0 Å². The third kappa shape index (κ3) is 5.84. The number of hydrogen-bond acceptors (Lipinski definition) is 5. The van der Waals surface area contributed by atoms with E-state index in [1.54, 1.807) is 0 Å². The van der Waals surface area contributed by atoms with Crippen LogP contribution >= 0.6 is 0 Å². The Morgan fingerprint density at radius 3 is 2.46 bits per heavy atom. The number of methoxy groups -OCH3 is 1. The van der Waals surface area contributed by atoms with Gasteiger partial charge in [0.1, 0.15) is 0 Å². The first-order valence-corrected chi connectivity index (χ1v) is 3.79. The van der Waals surface area contributed by atoms with Gasteiger partial charge in [-0.05, 0) is 0 Å². The quantitative estimate of drug-likeness (QED) is 0.451. The second-order valence-corrected chi connectivity index (χ2v) is 2.40. The zero-order valence-electron chi connectivity index (χ0n) is 7.61. The maximum atomic E-state index is 10.6. The fourth-order valence-corrected chi connectivity index (χ4v) is 0.730. The van der Waals surface area contributed by atoms with Crippen LogP contribution in [0.2, 0.25) is 0 Å². The van der Waals surface area contributed by atoms with Gasteiger partial charge in [-0.1, -0.05) is 0 Å². The molecule has 0 aliphatic rings. The monoisotopic (exact) mass is 188 g/mol. The van der Waals surface area contributed by atoms with Crippen molar-refractivity contribution in [2.24, 2.45) is 0 Å². The van der Waals surface area contributed by atoms with E-state index in [1.165, 1.54) is 14.0 Å². The molecule has 0 radical (unpaired) electrons. The zero-order valence-corrected chi connectivity index (χ0v) is 7.61. The Kier molecular flexibility index (Phi) is 5.50. The van der Waals surface area contributed by atoms with Crippen molar-refractivity contribution in [3.63, 3.8) is 0 Å². The van der Waals surface area contributed by atoms with Crippen molar-refractivity contribution in [2.75, 3.05) is 7.11 Å². The molecule has 0 N–H and O–H groups in total. The van der Waals surface area contributed by atoms with E-state index in [0.29, 0.717) is 6.29 Å². The standard InChI is InChI=1S/C8H12O5/c1-6(10)13-7(5-9)3-4-8(11)12-2/h5,7H,3-4H2,1-2H3. The summed E-state index contributed by atoms with van der Waals surface area (Å²) in [6.07, 6.45) is -0.135. The highest BCUT2D eigenvalue weighted by molar-refractivity contribution is 5.72. The van der Waals surface area contributed by atoms with Gasteiger partial charge in [0.25, 0.3) is 0 Å². The minimum Gasteiger partial charge on any atom is -0.469 e. The Morgan fingerprint density at radius 2 is 2.08 bits per heavy atom. The van der Waals surface area contributed by atoms with Crippen molar-refractivity contribution in [1.29, 1.82) is 0 Å². The van der Waals surface area contributed by atoms with Crippen molar-refractivity contribution in [1.82, 2.24) is 0 Å². The third-order valence-corrected chi connectivity index (χ3v) is 1.33. The molecule has 0 heterocycles. The van der Waals surface area contributed by atoms with E-state index < -0.39 is 18.0 Å². The van der Waals surface area contributed by atoms with Crippen LogP contribution in [0.1, 0.15) is 19.8 Å². The van der Waals surface area contributed by atoms with E-state index in [0.717, 1.165) is 0 Å². The highest BCUT2D eigenvalue weighted by Gasteiger charge is 2.12. The SMILES string of the molecule is COC(=O)CCC(C=O)OC(C)=O. The first-order chi connectivity index (χ1) is 6.10. The largest absolute Gasteiger partial charge is 0.469 e. The maximum absolute atomic E-state index is 10.6. The number of ether oxygens (including phenoxy) is 2. The lowest BCUT2D eigenvalue weighted by Gasteiger charge is -2.08. The fraction of sp³-hybridized carbons (Fsp3) is 0.625. The topological polar surface area (TPSA) is 69.7 Å². The van der Waals surface area contributed by atoms with Gasteiger partial charge in [0.15, 0.2) is 12.4 Å². The van der Waals surface area contributed by atoms with E-state index in [4.69, 9.17) is 0 Å². The first kappa shape index (κ1) is 11.6. The van der Waals surface area contributed by atoms with E-state index in [9.17, 15) is 14.4 Å². The summed E-state index contributed by atoms with van der Waals surface area (Å²) in [4.78, 5) is 31.4. The minimum atomic E-state index is -0.850. The lowest BCUT2D eigenvalue weighted by atomic mass is 10.2. The lowest BCUT2D eigenvalue weighted by Crippen LogP contribution is -2.19. The van der Waals surface area contributed by atoms with Crippen LogP contribution in [-0.2, 0) is 23.9 Å². The van der Waals surface area contributed by atoms with E-state index >= 15 is 0 Å². The lowest BCUT2D eigenvalue weighted by molar-refractivity contribution is -0.151. The molecule has 5 heteroatoms. The molecule has 5 nitrogen and oxygen atoms in total.